The third-order valence-electron chi connectivity index (χ3n) is 6.72. The smallest absolute Gasteiger partial charge is 0.315 e. The Bertz CT molecular complexity index is 1280. The third kappa shape index (κ3) is 3.31. The minimum absolute atomic E-state index is 0.0408. The molecule has 0 unspecified atom stereocenters. The molecule has 0 radical (unpaired) electrons. The van der Waals surface area contributed by atoms with Gasteiger partial charge in [-0.1, -0.05) is 66.7 Å². The van der Waals surface area contributed by atoms with Gasteiger partial charge in [-0.25, -0.2) is 9.69 Å². The standard InChI is InChI=1S/C27H23N3O2S2/c31-25-27(19-8-3-1-4-9-19,20-10-5-2-6-11-20)28-26(32)30(25)18-29-15-13-22-21(14-17-34-22)24(29)23-12-7-16-33-23/h1-12,14,16-17,24H,13,15,18H2,(H,28,32)/t24-/m0/s1. The first-order valence-corrected chi connectivity index (χ1v) is 13.0. The number of fused-ring (bicyclic) bond motifs is 1. The van der Waals surface area contributed by atoms with Gasteiger partial charge in [0.05, 0.1) is 12.7 Å². The van der Waals surface area contributed by atoms with Gasteiger partial charge >= 0.3 is 6.03 Å². The first-order valence-electron chi connectivity index (χ1n) is 11.3. The van der Waals surface area contributed by atoms with Crippen LogP contribution in [0.25, 0.3) is 0 Å². The molecule has 2 aromatic carbocycles. The lowest BCUT2D eigenvalue weighted by molar-refractivity contribution is -0.132. The summed E-state index contributed by atoms with van der Waals surface area (Å²) in [4.78, 5) is 33.8. The van der Waals surface area contributed by atoms with Gasteiger partial charge in [0.15, 0.2) is 5.54 Å². The summed E-state index contributed by atoms with van der Waals surface area (Å²) in [6.45, 7) is 1.03. The van der Waals surface area contributed by atoms with Gasteiger partial charge in [-0.2, -0.15) is 0 Å². The Hall–Kier alpha value is -3.26. The predicted molar refractivity (Wildman–Crippen MR) is 135 cm³/mol. The maximum Gasteiger partial charge on any atom is 0.326 e. The van der Waals surface area contributed by atoms with Crippen molar-refractivity contribution < 1.29 is 9.59 Å². The van der Waals surface area contributed by atoms with E-state index in [1.807, 2.05) is 60.7 Å². The van der Waals surface area contributed by atoms with Crippen LogP contribution >= 0.6 is 22.7 Å². The molecule has 2 aliphatic rings. The number of urea groups is 1. The fraction of sp³-hybridized carbons (Fsp3) is 0.185. The SMILES string of the molecule is O=C1NC(c2ccccc2)(c2ccccc2)C(=O)N1CN1CCc2sccc2[C@H]1c1cccs1. The van der Waals surface area contributed by atoms with Crippen molar-refractivity contribution in [2.45, 2.75) is 18.0 Å². The summed E-state index contributed by atoms with van der Waals surface area (Å²) < 4.78 is 0. The van der Waals surface area contributed by atoms with E-state index in [9.17, 15) is 9.59 Å². The second-order valence-electron chi connectivity index (χ2n) is 8.57. The Kier molecular flexibility index (Phi) is 5.32. The van der Waals surface area contributed by atoms with Gasteiger partial charge < -0.3 is 5.32 Å². The number of imide groups is 1. The largest absolute Gasteiger partial charge is 0.326 e. The molecule has 1 fully saturated rings. The summed E-state index contributed by atoms with van der Waals surface area (Å²) in [7, 11) is 0. The topological polar surface area (TPSA) is 52.7 Å². The fourth-order valence-corrected chi connectivity index (χ4v) is 6.90. The molecule has 4 heterocycles. The Morgan fingerprint density at radius 2 is 1.56 bits per heavy atom. The highest BCUT2D eigenvalue weighted by Gasteiger charge is 2.54. The second kappa shape index (κ2) is 8.51. The van der Waals surface area contributed by atoms with E-state index in [2.05, 4.69) is 39.2 Å². The highest BCUT2D eigenvalue weighted by molar-refractivity contribution is 7.10. The molecule has 1 saturated heterocycles. The molecule has 0 aliphatic carbocycles. The third-order valence-corrected chi connectivity index (χ3v) is 8.64. The average molecular weight is 486 g/mol. The lowest BCUT2D eigenvalue weighted by Gasteiger charge is -2.37. The Balaban J connectivity index is 1.39. The quantitative estimate of drug-likeness (QED) is 0.395. The molecule has 6 rings (SSSR count). The van der Waals surface area contributed by atoms with E-state index in [4.69, 9.17) is 0 Å². The molecule has 2 aromatic heterocycles. The van der Waals surface area contributed by atoms with E-state index in [1.165, 1.54) is 20.2 Å². The van der Waals surface area contributed by atoms with E-state index in [1.54, 1.807) is 22.7 Å². The van der Waals surface area contributed by atoms with E-state index in [-0.39, 0.29) is 24.6 Å². The molecule has 7 heteroatoms. The zero-order valence-electron chi connectivity index (χ0n) is 18.4. The van der Waals surface area contributed by atoms with Crippen molar-refractivity contribution in [3.8, 4) is 0 Å². The van der Waals surface area contributed by atoms with Crippen LogP contribution in [0.2, 0.25) is 0 Å². The summed E-state index contributed by atoms with van der Waals surface area (Å²) in [5.41, 5.74) is 1.57. The van der Waals surface area contributed by atoms with Gasteiger partial charge in [0.2, 0.25) is 0 Å². The van der Waals surface area contributed by atoms with E-state index < -0.39 is 5.54 Å². The molecule has 3 amide bonds. The van der Waals surface area contributed by atoms with Crippen LogP contribution in [0.5, 0.6) is 0 Å². The van der Waals surface area contributed by atoms with Crippen LogP contribution in [-0.4, -0.2) is 35.0 Å². The summed E-state index contributed by atoms with van der Waals surface area (Å²) in [6.07, 6.45) is 0.918. The van der Waals surface area contributed by atoms with Gasteiger partial charge in [0.1, 0.15) is 0 Å². The second-order valence-corrected chi connectivity index (χ2v) is 10.5. The maximum atomic E-state index is 14.1. The van der Waals surface area contributed by atoms with Crippen LogP contribution in [0.4, 0.5) is 4.79 Å². The molecule has 170 valence electrons. The lowest BCUT2D eigenvalue weighted by atomic mass is 9.83. The zero-order valence-corrected chi connectivity index (χ0v) is 20.0. The number of nitrogens with zero attached hydrogens (tertiary/aromatic N) is 2. The zero-order chi connectivity index (χ0) is 23.1. The van der Waals surface area contributed by atoms with Crippen LogP contribution in [0, 0.1) is 0 Å². The first-order chi connectivity index (χ1) is 16.7. The molecule has 2 aliphatic heterocycles. The van der Waals surface area contributed by atoms with Gasteiger partial charge in [-0.05, 0) is 46.0 Å². The maximum absolute atomic E-state index is 14.1. The number of benzene rings is 2. The molecular weight excluding hydrogens is 462 g/mol. The highest BCUT2D eigenvalue weighted by Crippen LogP contribution is 2.41. The van der Waals surface area contributed by atoms with Crippen LogP contribution in [0.3, 0.4) is 0 Å². The summed E-state index contributed by atoms with van der Waals surface area (Å²) >= 11 is 3.50. The summed E-state index contributed by atoms with van der Waals surface area (Å²) in [5.74, 6) is -0.240. The molecular formula is C27H23N3O2S2. The predicted octanol–water partition coefficient (Wildman–Crippen LogP) is 5.21. The molecule has 0 bridgehead atoms. The number of carbonyl (C=O) groups excluding carboxylic acids is 2. The van der Waals surface area contributed by atoms with Crippen LogP contribution in [0.15, 0.2) is 89.6 Å². The van der Waals surface area contributed by atoms with Gasteiger partial charge in [-0.15, -0.1) is 22.7 Å². The van der Waals surface area contributed by atoms with Gasteiger partial charge in [0.25, 0.3) is 5.91 Å². The monoisotopic (exact) mass is 485 g/mol. The van der Waals surface area contributed by atoms with Crippen molar-refractivity contribution in [1.29, 1.82) is 0 Å². The molecule has 5 nitrogen and oxygen atoms in total. The minimum Gasteiger partial charge on any atom is -0.315 e. The summed E-state index contributed by atoms with van der Waals surface area (Å²) in [5, 5.41) is 7.29. The minimum atomic E-state index is -1.23. The number of amides is 3. The number of nitrogens with one attached hydrogen (secondary N) is 1. The lowest BCUT2D eigenvalue weighted by Crippen LogP contribution is -2.48. The van der Waals surface area contributed by atoms with Crippen molar-refractivity contribution in [2.75, 3.05) is 13.2 Å². The van der Waals surface area contributed by atoms with Crippen LogP contribution in [0.1, 0.15) is 32.5 Å². The molecule has 4 aromatic rings. The van der Waals surface area contributed by atoms with Crippen molar-refractivity contribution in [3.05, 3.63) is 116 Å². The average Bonchev–Trinajstić information content (AvgIpc) is 3.62. The van der Waals surface area contributed by atoms with Crippen molar-refractivity contribution >= 4 is 34.6 Å². The molecule has 0 saturated carbocycles. The summed E-state index contributed by atoms with van der Waals surface area (Å²) in [6, 6.07) is 25.1. The van der Waals surface area contributed by atoms with E-state index >= 15 is 0 Å². The number of thiophene rings is 2. The van der Waals surface area contributed by atoms with Gasteiger partial charge in [0, 0.05) is 16.3 Å². The first kappa shape index (κ1) is 21.3. The molecule has 1 atom stereocenters. The van der Waals surface area contributed by atoms with E-state index in [0.717, 1.165) is 24.1 Å². The Morgan fingerprint density at radius 1 is 0.853 bits per heavy atom. The fourth-order valence-electron chi connectivity index (χ4n) is 5.12. The van der Waals surface area contributed by atoms with E-state index in [0.29, 0.717) is 0 Å². The van der Waals surface area contributed by atoms with Crippen molar-refractivity contribution in [1.82, 2.24) is 15.1 Å². The Labute approximate surface area is 206 Å². The normalized spacial score (nSPS) is 19.8. The molecule has 34 heavy (non-hydrogen) atoms. The van der Waals surface area contributed by atoms with Gasteiger partial charge in [-0.3, -0.25) is 9.69 Å². The molecule has 1 N–H and O–H groups in total. The van der Waals surface area contributed by atoms with Crippen LogP contribution < -0.4 is 5.32 Å². The van der Waals surface area contributed by atoms with Crippen molar-refractivity contribution in [3.63, 3.8) is 0 Å². The van der Waals surface area contributed by atoms with Crippen molar-refractivity contribution in [2.24, 2.45) is 0 Å². The molecule has 0 spiro atoms. The number of rotatable bonds is 5. The number of carbonyl (C=O) groups is 2. The highest BCUT2D eigenvalue weighted by atomic mass is 32.1. The number of hydrogen-bond acceptors (Lipinski definition) is 5. The Morgan fingerprint density at radius 3 is 2.21 bits per heavy atom. The number of hydrogen-bond donors (Lipinski definition) is 1. The van der Waals surface area contributed by atoms with Crippen LogP contribution in [-0.2, 0) is 16.8 Å².